The summed E-state index contributed by atoms with van der Waals surface area (Å²) in [4.78, 5) is 7.89. The fourth-order valence-electron chi connectivity index (χ4n) is 0.772. The minimum atomic E-state index is 0.432. The Morgan fingerprint density at radius 3 is 2.85 bits per heavy atom. The van der Waals surface area contributed by atoms with Gasteiger partial charge in [-0.05, 0) is 21.8 Å². The highest BCUT2D eigenvalue weighted by molar-refractivity contribution is 9.10. The molecule has 0 aliphatic carbocycles. The summed E-state index contributed by atoms with van der Waals surface area (Å²) >= 11 is 9.10. The molecule has 0 aromatic carbocycles. The first kappa shape index (κ1) is 10.7. The lowest BCUT2D eigenvalue weighted by Gasteiger charge is -2.09. The molecule has 0 saturated carbocycles. The molecule has 0 fully saturated rings. The van der Waals surface area contributed by atoms with Gasteiger partial charge in [-0.3, -0.25) is 0 Å². The summed E-state index contributed by atoms with van der Waals surface area (Å²) in [5.41, 5.74) is 0. The molecule has 0 spiro atoms. The van der Waals surface area contributed by atoms with Crippen LogP contribution in [0.5, 0.6) is 0 Å². The molecule has 1 heterocycles. The third-order valence-electron chi connectivity index (χ3n) is 1.42. The summed E-state index contributed by atoms with van der Waals surface area (Å²) in [6.07, 6.45) is 1.44. The van der Waals surface area contributed by atoms with E-state index >= 15 is 0 Å². The molecule has 0 bridgehead atoms. The molecule has 5 heteroatoms. The lowest BCUT2D eigenvalue weighted by molar-refractivity contribution is 0.686. The molecule has 0 saturated heterocycles. The molecular formula is C8H11BrClN3. The maximum Gasteiger partial charge on any atom is 0.148 e. The van der Waals surface area contributed by atoms with E-state index in [-0.39, 0.29) is 0 Å². The quantitative estimate of drug-likeness (QED) is 0.853. The average Bonchev–Trinajstić information content (AvgIpc) is 2.07. The Balaban J connectivity index is 2.71. The second kappa shape index (κ2) is 4.77. The van der Waals surface area contributed by atoms with Gasteiger partial charge in [0.15, 0.2) is 0 Å². The van der Waals surface area contributed by atoms with Crippen LogP contribution in [0.15, 0.2) is 10.8 Å². The molecule has 0 atom stereocenters. The van der Waals surface area contributed by atoms with Crippen molar-refractivity contribution in [1.29, 1.82) is 0 Å². The molecule has 0 amide bonds. The average molecular weight is 265 g/mol. The van der Waals surface area contributed by atoms with Crippen LogP contribution in [-0.2, 0) is 0 Å². The first-order valence-corrected chi connectivity index (χ1v) is 5.18. The summed E-state index contributed by atoms with van der Waals surface area (Å²) < 4.78 is 0.720. The van der Waals surface area contributed by atoms with Crippen LogP contribution >= 0.6 is 27.5 Å². The van der Waals surface area contributed by atoms with Gasteiger partial charge in [-0.2, -0.15) is 0 Å². The van der Waals surface area contributed by atoms with Crippen LogP contribution in [0.2, 0.25) is 5.15 Å². The van der Waals surface area contributed by atoms with Gasteiger partial charge in [0.25, 0.3) is 0 Å². The second-order valence-corrected chi connectivity index (χ2v) is 4.25. The van der Waals surface area contributed by atoms with Crippen molar-refractivity contribution in [3.05, 3.63) is 16.0 Å². The van der Waals surface area contributed by atoms with Gasteiger partial charge in [0.1, 0.15) is 17.3 Å². The number of rotatable bonds is 3. The number of nitrogens with one attached hydrogen (secondary N) is 1. The lowest BCUT2D eigenvalue weighted by atomic mass is 10.2. The van der Waals surface area contributed by atoms with E-state index in [1.165, 1.54) is 6.33 Å². The molecule has 0 aliphatic rings. The molecule has 1 rings (SSSR count). The van der Waals surface area contributed by atoms with Crippen molar-refractivity contribution in [3.63, 3.8) is 0 Å². The minimum absolute atomic E-state index is 0.432. The highest BCUT2D eigenvalue weighted by Gasteiger charge is 2.05. The summed E-state index contributed by atoms with van der Waals surface area (Å²) in [5.74, 6) is 1.31. The highest BCUT2D eigenvalue weighted by atomic mass is 79.9. The Hall–Kier alpha value is -0.350. The van der Waals surface area contributed by atoms with Crippen molar-refractivity contribution in [3.8, 4) is 0 Å². The number of hydrogen-bond donors (Lipinski definition) is 1. The molecule has 0 radical (unpaired) electrons. The number of aromatic nitrogens is 2. The zero-order chi connectivity index (χ0) is 9.84. The van der Waals surface area contributed by atoms with E-state index < -0.39 is 0 Å². The fraction of sp³-hybridized carbons (Fsp3) is 0.500. The van der Waals surface area contributed by atoms with Crippen molar-refractivity contribution in [2.45, 2.75) is 13.8 Å². The Bertz CT molecular complexity index is 291. The number of halogens is 2. The van der Waals surface area contributed by atoms with E-state index in [4.69, 9.17) is 11.6 Å². The van der Waals surface area contributed by atoms with Crippen molar-refractivity contribution >= 4 is 33.3 Å². The summed E-state index contributed by atoms with van der Waals surface area (Å²) in [7, 11) is 0. The Kier molecular flexibility index (Phi) is 3.93. The van der Waals surface area contributed by atoms with Gasteiger partial charge in [-0.25, -0.2) is 9.97 Å². The van der Waals surface area contributed by atoms with Crippen LogP contribution in [0.4, 0.5) is 5.82 Å². The van der Waals surface area contributed by atoms with E-state index in [1.54, 1.807) is 0 Å². The van der Waals surface area contributed by atoms with E-state index in [9.17, 15) is 0 Å². The van der Waals surface area contributed by atoms with Gasteiger partial charge in [-0.1, -0.05) is 25.4 Å². The summed E-state index contributed by atoms with van der Waals surface area (Å²) in [6, 6.07) is 0. The predicted octanol–water partition coefficient (Wildman–Crippen LogP) is 2.96. The van der Waals surface area contributed by atoms with Crippen LogP contribution < -0.4 is 5.32 Å². The van der Waals surface area contributed by atoms with Gasteiger partial charge in [0, 0.05) is 6.54 Å². The first-order chi connectivity index (χ1) is 6.11. The normalized spacial score (nSPS) is 10.5. The van der Waals surface area contributed by atoms with Crippen molar-refractivity contribution in [2.24, 2.45) is 5.92 Å². The van der Waals surface area contributed by atoms with E-state index in [0.29, 0.717) is 11.1 Å². The second-order valence-electron chi connectivity index (χ2n) is 3.10. The molecule has 72 valence electrons. The summed E-state index contributed by atoms with van der Waals surface area (Å²) in [6.45, 7) is 5.12. The number of anilines is 1. The van der Waals surface area contributed by atoms with E-state index in [2.05, 4.69) is 45.1 Å². The van der Waals surface area contributed by atoms with Crippen LogP contribution in [0.25, 0.3) is 0 Å². The predicted molar refractivity (Wildman–Crippen MR) is 58.1 cm³/mol. The summed E-state index contributed by atoms with van der Waals surface area (Å²) in [5, 5.41) is 3.60. The lowest BCUT2D eigenvalue weighted by Crippen LogP contribution is -2.09. The standard InChI is InChI=1S/C8H11BrClN3/c1-5(2)3-11-8-6(9)7(10)12-4-13-8/h4-5H,3H2,1-2H3,(H,11,12,13). The van der Waals surface area contributed by atoms with Crippen molar-refractivity contribution in [1.82, 2.24) is 9.97 Å². The zero-order valence-electron chi connectivity index (χ0n) is 7.51. The first-order valence-electron chi connectivity index (χ1n) is 4.01. The smallest absolute Gasteiger partial charge is 0.148 e. The molecule has 1 aromatic rings. The number of hydrogen-bond acceptors (Lipinski definition) is 3. The Labute approximate surface area is 91.1 Å². The molecule has 13 heavy (non-hydrogen) atoms. The highest BCUT2D eigenvalue weighted by Crippen LogP contribution is 2.25. The Morgan fingerprint density at radius 1 is 1.54 bits per heavy atom. The van der Waals surface area contributed by atoms with Crippen LogP contribution in [-0.4, -0.2) is 16.5 Å². The van der Waals surface area contributed by atoms with Gasteiger partial charge in [-0.15, -0.1) is 0 Å². The third-order valence-corrected chi connectivity index (χ3v) is 2.69. The molecule has 1 N–H and O–H groups in total. The Morgan fingerprint density at radius 2 is 2.23 bits per heavy atom. The maximum absolute atomic E-state index is 5.79. The van der Waals surface area contributed by atoms with Gasteiger partial charge in [0.05, 0.1) is 4.47 Å². The van der Waals surface area contributed by atoms with E-state index in [0.717, 1.165) is 16.8 Å². The maximum atomic E-state index is 5.79. The zero-order valence-corrected chi connectivity index (χ0v) is 9.85. The topological polar surface area (TPSA) is 37.8 Å². The molecule has 0 aliphatic heterocycles. The van der Waals surface area contributed by atoms with Gasteiger partial charge < -0.3 is 5.32 Å². The van der Waals surface area contributed by atoms with Gasteiger partial charge >= 0.3 is 0 Å². The largest absolute Gasteiger partial charge is 0.369 e. The van der Waals surface area contributed by atoms with Crippen molar-refractivity contribution < 1.29 is 0 Å². The molecule has 3 nitrogen and oxygen atoms in total. The molecule has 0 unspecified atom stereocenters. The third kappa shape index (κ3) is 3.12. The minimum Gasteiger partial charge on any atom is -0.369 e. The van der Waals surface area contributed by atoms with Crippen LogP contribution in [0.3, 0.4) is 0 Å². The van der Waals surface area contributed by atoms with Crippen molar-refractivity contribution in [2.75, 3.05) is 11.9 Å². The van der Waals surface area contributed by atoms with Crippen LogP contribution in [0.1, 0.15) is 13.8 Å². The van der Waals surface area contributed by atoms with E-state index in [1.807, 2.05) is 0 Å². The SMILES string of the molecule is CC(C)CNc1ncnc(Cl)c1Br. The molecular weight excluding hydrogens is 253 g/mol. The van der Waals surface area contributed by atoms with Gasteiger partial charge in [0.2, 0.25) is 0 Å². The van der Waals surface area contributed by atoms with Crippen LogP contribution in [0, 0.1) is 5.92 Å². The number of nitrogens with zero attached hydrogens (tertiary/aromatic N) is 2. The monoisotopic (exact) mass is 263 g/mol. The fourth-order valence-corrected chi connectivity index (χ4v) is 1.25. The molecule has 1 aromatic heterocycles.